The fourth-order valence-corrected chi connectivity index (χ4v) is 2.63. The number of nitrogens with two attached hydrogens (primary N) is 1. The summed E-state index contributed by atoms with van der Waals surface area (Å²) in [7, 11) is 0. The van der Waals surface area contributed by atoms with Gasteiger partial charge in [-0.15, -0.1) is 10.2 Å². The Bertz CT molecular complexity index is 576. The van der Waals surface area contributed by atoms with Gasteiger partial charge in [-0.1, -0.05) is 6.42 Å². The molecule has 0 saturated carbocycles. The van der Waals surface area contributed by atoms with Crippen molar-refractivity contribution in [3.8, 4) is 11.4 Å². The van der Waals surface area contributed by atoms with Gasteiger partial charge in [-0.25, -0.2) is 0 Å². The maximum Gasteiger partial charge on any atom is 0.164 e. The SMILES string of the molecule is Nc1cc(-c2nnc3n2CCCCC3)ccc1Br. The van der Waals surface area contributed by atoms with Gasteiger partial charge in [-0.3, -0.25) is 0 Å². The van der Waals surface area contributed by atoms with Gasteiger partial charge >= 0.3 is 0 Å². The van der Waals surface area contributed by atoms with Crippen LogP contribution in [-0.2, 0) is 13.0 Å². The van der Waals surface area contributed by atoms with Crippen LogP contribution in [0.3, 0.4) is 0 Å². The third-order valence-electron chi connectivity index (χ3n) is 3.36. The lowest BCUT2D eigenvalue weighted by atomic mass is 10.2. The molecule has 18 heavy (non-hydrogen) atoms. The lowest BCUT2D eigenvalue weighted by Crippen LogP contribution is -2.03. The molecule has 0 radical (unpaired) electrons. The van der Waals surface area contributed by atoms with E-state index in [-0.39, 0.29) is 0 Å². The van der Waals surface area contributed by atoms with Crippen LogP contribution in [0, 0.1) is 0 Å². The number of aryl methyl sites for hydroxylation is 1. The zero-order chi connectivity index (χ0) is 12.5. The fourth-order valence-electron chi connectivity index (χ4n) is 2.38. The number of nitrogens with zero attached hydrogens (tertiary/aromatic N) is 3. The Hall–Kier alpha value is -1.36. The van der Waals surface area contributed by atoms with Crippen LogP contribution >= 0.6 is 15.9 Å². The number of halogens is 1. The van der Waals surface area contributed by atoms with Crippen molar-refractivity contribution in [3.63, 3.8) is 0 Å². The highest BCUT2D eigenvalue weighted by atomic mass is 79.9. The van der Waals surface area contributed by atoms with Crippen LogP contribution in [0.15, 0.2) is 22.7 Å². The number of nitrogen functional groups attached to an aromatic ring is 1. The quantitative estimate of drug-likeness (QED) is 0.824. The predicted octanol–water partition coefficient (Wildman–Crippen LogP) is 3.02. The molecule has 0 bridgehead atoms. The first-order valence-electron chi connectivity index (χ1n) is 6.23. The Balaban J connectivity index is 2.06. The second-order valence-electron chi connectivity index (χ2n) is 4.64. The molecule has 0 amide bonds. The summed E-state index contributed by atoms with van der Waals surface area (Å²) in [5, 5.41) is 8.63. The molecule has 0 fully saturated rings. The van der Waals surface area contributed by atoms with Gasteiger partial charge in [0.25, 0.3) is 0 Å². The van der Waals surface area contributed by atoms with Crippen LogP contribution in [0.5, 0.6) is 0 Å². The van der Waals surface area contributed by atoms with Crippen molar-refractivity contribution in [1.29, 1.82) is 0 Å². The molecule has 2 aromatic rings. The van der Waals surface area contributed by atoms with Crippen LogP contribution in [-0.4, -0.2) is 14.8 Å². The molecule has 0 saturated heterocycles. The van der Waals surface area contributed by atoms with Crippen LogP contribution < -0.4 is 5.73 Å². The first-order chi connectivity index (χ1) is 8.75. The number of fused-ring (bicyclic) bond motifs is 1. The summed E-state index contributed by atoms with van der Waals surface area (Å²) in [5.41, 5.74) is 7.70. The van der Waals surface area contributed by atoms with Crippen LogP contribution in [0.25, 0.3) is 11.4 Å². The number of anilines is 1. The van der Waals surface area contributed by atoms with Crippen molar-refractivity contribution >= 4 is 21.6 Å². The van der Waals surface area contributed by atoms with Gasteiger partial charge in [0.2, 0.25) is 0 Å². The topological polar surface area (TPSA) is 56.7 Å². The van der Waals surface area contributed by atoms with Gasteiger partial charge in [0.05, 0.1) is 0 Å². The van der Waals surface area contributed by atoms with Crippen LogP contribution in [0.2, 0.25) is 0 Å². The summed E-state index contributed by atoms with van der Waals surface area (Å²) < 4.78 is 3.15. The molecule has 1 aliphatic heterocycles. The molecular weight excluding hydrogens is 292 g/mol. The number of aromatic nitrogens is 3. The van der Waals surface area contributed by atoms with Crippen molar-refractivity contribution in [2.24, 2.45) is 0 Å². The molecule has 1 aromatic carbocycles. The Morgan fingerprint density at radius 3 is 2.89 bits per heavy atom. The van der Waals surface area contributed by atoms with Crippen LogP contribution in [0.1, 0.15) is 25.1 Å². The van der Waals surface area contributed by atoms with Gasteiger partial charge in [0.1, 0.15) is 5.82 Å². The maximum absolute atomic E-state index is 5.93. The molecule has 0 spiro atoms. The Morgan fingerprint density at radius 1 is 1.17 bits per heavy atom. The van der Waals surface area contributed by atoms with Gasteiger partial charge in [-0.2, -0.15) is 0 Å². The molecule has 0 atom stereocenters. The van der Waals surface area contributed by atoms with Gasteiger partial charge in [0, 0.05) is 28.7 Å². The van der Waals surface area contributed by atoms with E-state index in [0.717, 1.165) is 40.3 Å². The molecule has 0 unspecified atom stereocenters. The first kappa shape index (κ1) is 11.7. The lowest BCUT2D eigenvalue weighted by molar-refractivity contribution is 0.636. The first-order valence-corrected chi connectivity index (χ1v) is 7.02. The van der Waals surface area contributed by atoms with E-state index in [1.807, 2.05) is 18.2 Å². The van der Waals surface area contributed by atoms with E-state index in [2.05, 4.69) is 30.7 Å². The Morgan fingerprint density at radius 2 is 2.06 bits per heavy atom. The third-order valence-corrected chi connectivity index (χ3v) is 4.09. The minimum absolute atomic E-state index is 0.735. The summed E-state index contributed by atoms with van der Waals surface area (Å²) >= 11 is 3.41. The molecule has 5 heteroatoms. The summed E-state index contributed by atoms with van der Waals surface area (Å²) in [6.07, 6.45) is 4.70. The normalized spacial score (nSPS) is 15.2. The van der Waals surface area contributed by atoms with Crippen molar-refractivity contribution in [2.75, 3.05) is 5.73 Å². The lowest BCUT2D eigenvalue weighted by Gasteiger charge is -2.08. The summed E-state index contributed by atoms with van der Waals surface area (Å²) in [4.78, 5) is 0. The Kier molecular flexibility index (Phi) is 3.07. The molecule has 94 valence electrons. The molecule has 1 aliphatic rings. The number of rotatable bonds is 1. The highest BCUT2D eigenvalue weighted by Gasteiger charge is 2.16. The summed E-state index contributed by atoms with van der Waals surface area (Å²) in [6, 6.07) is 5.94. The molecule has 2 N–H and O–H groups in total. The summed E-state index contributed by atoms with van der Waals surface area (Å²) in [6.45, 7) is 1.01. The fraction of sp³-hybridized carbons (Fsp3) is 0.385. The van der Waals surface area contributed by atoms with E-state index in [0.29, 0.717) is 0 Å². The minimum atomic E-state index is 0.735. The molecular formula is C13H15BrN4. The standard InChI is InChI=1S/C13H15BrN4/c14-10-6-5-9(8-11(10)15)13-17-16-12-4-2-1-3-7-18(12)13/h5-6,8H,1-4,7,15H2. The molecule has 4 nitrogen and oxygen atoms in total. The average Bonchev–Trinajstić information content (AvgIpc) is 2.62. The maximum atomic E-state index is 5.93. The van der Waals surface area contributed by atoms with Gasteiger partial charge in [-0.05, 0) is 47.0 Å². The van der Waals surface area contributed by atoms with E-state index in [1.165, 1.54) is 19.3 Å². The highest BCUT2D eigenvalue weighted by molar-refractivity contribution is 9.10. The van der Waals surface area contributed by atoms with Crippen LogP contribution in [0.4, 0.5) is 5.69 Å². The zero-order valence-electron chi connectivity index (χ0n) is 10.1. The largest absolute Gasteiger partial charge is 0.398 e. The van der Waals surface area contributed by atoms with Crippen molar-refractivity contribution in [2.45, 2.75) is 32.2 Å². The third kappa shape index (κ3) is 2.03. The molecule has 3 rings (SSSR count). The van der Waals surface area contributed by atoms with Crippen molar-refractivity contribution in [3.05, 3.63) is 28.5 Å². The van der Waals surface area contributed by atoms with Crippen molar-refractivity contribution < 1.29 is 0 Å². The highest BCUT2D eigenvalue weighted by Crippen LogP contribution is 2.27. The van der Waals surface area contributed by atoms with Gasteiger partial charge < -0.3 is 10.3 Å². The smallest absolute Gasteiger partial charge is 0.164 e. The van der Waals surface area contributed by atoms with E-state index in [1.54, 1.807) is 0 Å². The monoisotopic (exact) mass is 306 g/mol. The van der Waals surface area contributed by atoms with E-state index >= 15 is 0 Å². The van der Waals surface area contributed by atoms with Crippen molar-refractivity contribution in [1.82, 2.24) is 14.8 Å². The predicted molar refractivity (Wildman–Crippen MR) is 75.1 cm³/mol. The number of benzene rings is 1. The summed E-state index contributed by atoms with van der Waals surface area (Å²) in [5.74, 6) is 2.04. The minimum Gasteiger partial charge on any atom is -0.398 e. The number of hydrogen-bond acceptors (Lipinski definition) is 3. The average molecular weight is 307 g/mol. The molecule has 1 aromatic heterocycles. The zero-order valence-corrected chi connectivity index (χ0v) is 11.7. The second-order valence-corrected chi connectivity index (χ2v) is 5.49. The molecule has 2 heterocycles. The number of hydrogen-bond donors (Lipinski definition) is 1. The van der Waals surface area contributed by atoms with Gasteiger partial charge in [0.15, 0.2) is 5.82 Å². The Labute approximate surface area is 114 Å². The second kappa shape index (κ2) is 4.72. The van der Waals surface area contributed by atoms with E-state index in [9.17, 15) is 0 Å². The molecule has 0 aliphatic carbocycles. The van der Waals surface area contributed by atoms with E-state index < -0.39 is 0 Å². The van der Waals surface area contributed by atoms with E-state index in [4.69, 9.17) is 5.73 Å².